The van der Waals surface area contributed by atoms with E-state index in [1.807, 2.05) is 0 Å². The molecule has 0 aliphatic carbocycles. The fraction of sp³-hybridized carbons (Fsp3) is 0.111. The average Bonchev–Trinajstić information content (AvgIpc) is 2.26. The van der Waals surface area contributed by atoms with Gasteiger partial charge < -0.3 is 15.2 Å². The van der Waals surface area contributed by atoms with Gasteiger partial charge in [-0.25, -0.2) is 9.18 Å². The molecule has 1 rings (SSSR count). The topological polar surface area (TPSA) is 88.2 Å². The maximum absolute atomic E-state index is 12.7. The Bertz CT molecular complexity index is 396. The highest BCUT2D eigenvalue weighted by atomic mass is 32.1. The molecular formula is C9H10FN3O2S. The Morgan fingerprint density at radius 2 is 2.06 bits per heavy atom. The normalized spacial score (nSPS) is 11.6. The van der Waals surface area contributed by atoms with Gasteiger partial charge in [-0.2, -0.15) is 0 Å². The Morgan fingerprint density at radius 1 is 1.50 bits per heavy atom. The molecule has 0 fully saturated rings. The minimum absolute atomic E-state index is 0.395. The van der Waals surface area contributed by atoms with Gasteiger partial charge in [-0.15, -0.1) is 0 Å². The fourth-order valence-corrected chi connectivity index (χ4v) is 1.25. The number of carbonyl (C=O) groups excluding carboxylic acids is 1. The predicted octanol–water partition coefficient (Wildman–Crippen LogP) is 0.738. The van der Waals surface area contributed by atoms with Crippen molar-refractivity contribution in [2.75, 3.05) is 0 Å². The summed E-state index contributed by atoms with van der Waals surface area (Å²) in [5.41, 5.74) is 5.54. The number of thiol groups is 1. The summed E-state index contributed by atoms with van der Waals surface area (Å²) < 4.78 is 16.9. The van der Waals surface area contributed by atoms with E-state index in [1.165, 1.54) is 24.3 Å². The smallest absolute Gasteiger partial charge is 0.345 e. The SMILES string of the molecule is N=C(N)NC(C(=O)OS)c1ccc(F)cc1. The van der Waals surface area contributed by atoms with Crippen LogP contribution < -0.4 is 11.1 Å². The molecule has 0 radical (unpaired) electrons. The molecule has 7 heteroatoms. The zero-order valence-electron chi connectivity index (χ0n) is 8.11. The molecule has 1 aromatic rings. The second-order valence-electron chi connectivity index (χ2n) is 2.95. The van der Waals surface area contributed by atoms with Crippen LogP contribution in [0.1, 0.15) is 11.6 Å². The lowest BCUT2D eigenvalue weighted by Crippen LogP contribution is -2.38. The third-order valence-electron chi connectivity index (χ3n) is 1.83. The monoisotopic (exact) mass is 243 g/mol. The number of benzene rings is 1. The summed E-state index contributed by atoms with van der Waals surface area (Å²) in [4.78, 5) is 11.3. The van der Waals surface area contributed by atoms with E-state index in [0.29, 0.717) is 5.56 Å². The van der Waals surface area contributed by atoms with Gasteiger partial charge in [0.15, 0.2) is 12.0 Å². The van der Waals surface area contributed by atoms with Crippen LogP contribution in [-0.2, 0) is 8.98 Å². The molecular weight excluding hydrogens is 233 g/mol. The van der Waals surface area contributed by atoms with Crippen LogP contribution in [0.3, 0.4) is 0 Å². The van der Waals surface area contributed by atoms with E-state index in [0.717, 1.165) is 0 Å². The molecule has 0 heterocycles. The van der Waals surface area contributed by atoms with Crippen molar-refractivity contribution in [1.29, 1.82) is 5.41 Å². The minimum atomic E-state index is -0.976. The van der Waals surface area contributed by atoms with E-state index >= 15 is 0 Å². The first-order valence-electron chi connectivity index (χ1n) is 4.26. The molecule has 0 spiro atoms. The Morgan fingerprint density at radius 3 is 2.50 bits per heavy atom. The number of halogens is 1. The quantitative estimate of drug-likeness (QED) is 0.273. The summed E-state index contributed by atoms with van der Waals surface area (Å²) in [6, 6.07) is 4.18. The third kappa shape index (κ3) is 3.13. The lowest BCUT2D eigenvalue weighted by Gasteiger charge is -2.15. The molecule has 1 aromatic carbocycles. The molecule has 1 unspecified atom stereocenters. The largest absolute Gasteiger partial charge is 0.393 e. The molecule has 0 aliphatic rings. The number of nitrogens with one attached hydrogen (secondary N) is 2. The van der Waals surface area contributed by atoms with Crippen molar-refractivity contribution in [3.8, 4) is 0 Å². The van der Waals surface area contributed by atoms with Crippen molar-refractivity contribution in [3.63, 3.8) is 0 Å². The van der Waals surface area contributed by atoms with Crippen LogP contribution >= 0.6 is 12.9 Å². The lowest BCUT2D eigenvalue weighted by atomic mass is 10.1. The van der Waals surface area contributed by atoms with E-state index in [-0.39, 0.29) is 0 Å². The van der Waals surface area contributed by atoms with Crippen molar-refractivity contribution < 1.29 is 13.4 Å². The van der Waals surface area contributed by atoms with Crippen molar-refractivity contribution >= 4 is 24.8 Å². The lowest BCUT2D eigenvalue weighted by molar-refractivity contribution is -0.135. The van der Waals surface area contributed by atoms with Gasteiger partial charge in [0, 0.05) is 12.9 Å². The summed E-state index contributed by atoms with van der Waals surface area (Å²) in [5, 5.41) is 9.43. The maximum Gasteiger partial charge on any atom is 0.345 e. The molecule has 0 aromatic heterocycles. The zero-order valence-corrected chi connectivity index (χ0v) is 9.00. The first-order valence-corrected chi connectivity index (χ1v) is 4.62. The van der Waals surface area contributed by atoms with Gasteiger partial charge in [0.05, 0.1) is 0 Å². The average molecular weight is 243 g/mol. The van der Waals surface area contributed by atoms with E-state index in [2.05, 4.69) is 22.4 Å². The summed E-state index contributed by atoms with van der Waals surface area (Å²) in [6.45, 7) is 0. The highest BCUT2D eigenvalue weighted by Crippen LogP contribution is 2.15. The van der Waals surface area contributed by atoms with Gasteiger partial charge in [-0.1, -0.05) is 12.1 Å². The van der Waals surface area contributed by atoms with Gasteiger partial charge in [-0.05, 0) is 17.7 Å². The molecule has 1 atom stereocenters. The number of hydrogen-bond acceptors (Lipinski definition) is 4. The number of hydrogen-bond donors (Lipinski definition) is 4. The summed E-state index contributed by atoms with van der Waals surface area (Å²) in [6.07, 6.45) is 0. The predicted molar refractivity (Wildman–Crippen MR) is 59.3 cm³/mol. The standard InChI is InChI=1S/C9H10FN3O2S/c10-6-3-1-5(2-4-6)7(8(14)15-16)13-9(11)12/h1-4,7,16H,(H4,11,12,13). The minimum Gasteiger partial charge on any atom is -0.393 e. The third-order valence-corrected chi connectivity index (χ3v) is 2.01. The Kier molecular flexibility index (Phi) is 4.12. The van der Waals surface area contributed by atoms with Crippen LogP contribution in [0.4, 0.5) is 4.39 Å². The Balaban J connectivity index is 2.96. The van der Waals surface area contributed by atoms with Crippen LogP contribution in [0.15, 0.2) is 24.3 Å². The van der Waals surface area contributed by atoms with Crippen molar-refractivity contribution in [1.82, 2.24) is 5.32 Å². The van der Waals surface area contributed by atoms with Gasteiger partial charge in [0.1, 0.15) is 5.82 Å². The highest BCUT2D eigenvalue weighted by Gasteiger charge is 2.22. The molecule has 0 aliphatic heterocycles. The summed E-state index contributed by atoms with van der Waals surface area (Å²) in [7, 11) is 0. The van der Waals surface area contributed by atoms with Crippen LogP contribution in [-0.4, -0.2) is 11.9 Å². The maximum atomic E-state index is 12.7. The van der Waals surface area contributed by atoms with Gasteiger partial charge in [0.2, 0.25) is 0 Å². The van der Waals surface area contributed by atoms with Crippen LogP contribution in [0.5, 0.6) is 0 Å². The van der Waals surface area contributed by atoms with Gasteiger partial charge >= 0.3 is 5.97 Å². The summed E-state index contributed by atoms with van der Waals surface area (Å²) >= 11 is 3.37. The van der Waals surface area contributed by atoms with E-state index < -0.39 is 23.8 Å². The highest BCUT2D eigenvalue weighted by molar-refractivity contribution is 7.75. The number of nitrogens with two attached hydrogens (primary N) is 1. The van der Waals surface area contributed by atoms with E-state index in [9.17, 15) is 9.18 Å². The fourth-order valence-electron chi connectivity index (χ4n) is 1.14. The Labute approximate surface area is 96.9 Å². The number of guanidine groups is 1. The van der Waals surface area contributed by atoms with Crippen molar-refractivity contribution in [2.24, 2.45) is 5.73 Å². The molecule has 0 bridgehead atoms. The molecule has 16 heavy (non-hydrogen) atoms. The van der Waals surface area contributed by atoms with E-state index in [4.69, 9.17) is 11.1 Å². The first-order chi connectivity index (χ1) is 7.54. The second-order valence-corrected chi connectivity index (χ2v) is 3.14. The van der Waals surface area contributed by atoms with Crippen LogP contribution in [0.2, 0.25) is 0 Å². The molecule has 0 saturated heterocycles. The Hall–Kier alpha value is -1.76. The molecule has 86 valence electrons. The van der Waals surface area contributed by atoms with Crippen molar-refractivity contribution in [2.45, 2.75) is 6.04 Å². The molecule has 4 N–H and O–H groups in total. The molecule has 0 amide bonds. The summed E-state index contributed by atoms with van der Waals surface area (Å²) in [5.74, 6) is -1.55. The van der Waals surface area contributed by atoms with E-state index in [1.54, 1.807) is 0 Å². The van der Waals surface area contributed by atoms with Crippen LogP contribution in [0.25, 0.3) is 0 Å². The number of rotatable bonds is 3. The molecule has 5 nitrogen and oxygen atoms in total. The van der Waals surface area contributed by atoms with Crippen LogP contribution in [0, 0.1) is 11.2 Å². The zero-order chi connectivity index (χ0) is 12.1. The van der Waals surface area contributed by atoms with Gasteiger partial charge in [0.25, 0.3) is 0 Å². The second kappa shape index (κ2) is 5.36. The van der Waals surface area contributed by atoms with Crippen molar-refractivity contribution in [3.05, 3.63) is 35.6 Å². The van der Waals surface area contributed by atoms with Gasteiger partial charge in [-0.3, -0.25) is 5.41 Å². The first kappa shape index (κ1) is 12.3. The molecule has 0 saturated carbocycles. The number of carbonyl (C=O) groups is 1.